The van der Waals surface area contributed by atoms with Crippen LogP contribution in [-0.2, 0) is 25.7 Å². The third kappa shape index (κ3) is 6.52. The number of ether oxygens (including phenoxy) is 2. The third-order valence-electron chi connectivity index (χ3n) is 7.24. The van der Waals surface area contributed by atoms with E-state index < -0.39 is 0 Å². The number of nitrogens with zero attached hydrogens (tertiary/aromatic N) is 1. The molecule has 0 heterocycles. The summed E-state index contributed by atoms with van der Waals surface area (Å²) < 4.78 is 11.3. The fraction of sp³-hybridized carbons (Fsp3) is 0.419. The van der Waals surface area contributed by atoms with Crippen LogP contribution in [0.15, 0.2) is 54.6 Å². The molecule has 0 aromatic heterocycles. The number of likely N-dealkylation sites (N-methyl/N-ethyl adjacent to an activating group) is 1. The van der Waals surface area contributed by atoms with Gasteiger partial charge in [-0.3, -0.25) is 0 Å². The van der Waals surface area contributed by atoms with E-state index in [-0.39, 0.29) is 0 Å². The molecule has 2 N–H and O–H groups in total. The van der Waals surface area contributed by atoms with E-state index in [4.69, 9.17) is 9.47 Å². The number of methoxy groups -OCH3 is 2. The average Bonchev–Trinajstić information content (AvgIpc) is 2.89. The fourth-order valence-electron chi connectivity index (χ4n) is 5.13. The molecule has 1 aliphatic carbocycles. The zero-order valence-corrected chi connectivity index (χ0v) is 22.1. The van der Waals surface area contributed by atoms with Crippen LogP contribution in [0, 0.1) is 0 Å². The van der Waals surface area contributed by atoms with Gasteiger partial charge in [0.2, 0.25) is 0 Å². The predicted octanol–water partition coefficient (Wildman–Crippen LogP) is 5.83. The Hall–Kier alpha value is -3.18. The molecular weight excluding hydrogens is 448 g/mol. The highest BCUT2D eigenvalue weighted by molar-refractivity contribution is 5.62. The van der Waals surface area contributed by atoms with E-state index in [0.29, 0.717) is 11.7 Å². The second-order valence-corrected chi connectivity index (χ2v) is 10.1. The number of benzene rings is 3. The number of aromatic hydroxyl groups is 1. The van der Waals surface area contributed by atoms with Crippen LogP contribution in [-0.4, -0.2) is 51.4 Å². The van der Waals surface area contributed by atoms with Crippen LogP contribution in [0.3, 0.4) is 0 Å². The third-order valence-corrected chi connectivity index (χ3v) is 7.24. The number of phenolic OH excluding ortho intramolecular Hbond substituents is 1. The summed E-state index contributed by atoms with van der Waals surface area (Å²) in [5.74, 6) is 2.25. The van der Waals surface area contributed by atoms with Crippen molar-refractivity contribution in [3.63, 3.8) is 0 Å². The van der Waals surface area contributed by atoms with Crippen molar-refractivity contribution in [1.29, 1.82) is 0 Å². The number of anilines is 1. The fourth-order valence-corrected chi connectivity index (χ4v) is 5.13. The first-order valence-corrected chi connectivity index (χ1v) is 13.0. The summed E-state index contributed by atoms with van der Waals surface area (Å²) in [5, 5.41) is 13.6. The highest BCUT2D eigenvalue weighted by atomic mass is 16.5. The average molecular weight is 489 g/mol. The first-order valence-electron chi connectivity index (χ1n) is 13.0. The van der Waals surface area contributed by atoms with Crippen LogP contribution in [0.25, 0.3) is 0 Å². The molecule has 0 aliphatic heterocycles. The summed E-state index contributed by atoms with van der Waals surface area (Å²) in [5.41, 5.74) is 7.75. The quantitative estimate of drug-likeness (QED) is 0.333. The molecule has 0 bridgehead atoms. The van der Waals surface area contributed by atoms with Crippen molar-refractivity contribution in [3.05, 3.63) is 82.4 Å². The van der Waals surface area contributed by atoms with Gasteiger partial charge in [-0.15, -0.1) is 0 Å². The highest BCUT2D eigenvalue weighted by Gasteiger charge is 2.24. The number of nitrogens with one attached hydrogen (secondary N) is 1. The van der Waals surface area contributed by atoms with Gasteiger partial charge >= 0.3 is 0 Å². The lowest BCUT2D eigenvalue weighted by Gasteiger charge is -2.28. The minimum absolute atomic E-state index is 0.351. The molecule has 3 aromatic carbocycles. The molecule has 192 valence electrons. The molecule has 0 fully saturated rings. The second kappa shape index (κ2) is 12.2. The maximum atomic E-state index is 9.86. The summed E-state index contributed by atoms with van der Waals surface area (Å²) in [4.78, 5) is 2.22. The summed E-state index contributed by atoms with van der Waals surface area (Å²) >= 11 is 0. The number of phenols is 1. The molecule has 0 saturated heterocycles. The maximum Gasteiger partial charge on any atom is 0.162 e. The number of fused-ring (bicyclic) bond motifs is 1. The van der Waals surface area contributed by atoms with Crippen molar-refractivity contribution in [1.82, 2.24) is 4.90 Å². The predicted molar refractivity (Wildman–Crippen MR) is 148 cm³/mol. The zero-order valence-electron chi connectivity index (χ0n) is 22.1. The van der Waals surface area contributed by atoms with Gasteiger partial charge in [-0.1, -0.05) is 30.3 Å². The van der Waals surface area contributed by atoms with Crippen molar-refractivity contribution in [2.45, 2.75) is 44.4 Å². The van der Waals surface area contributed by atoms with Crippen molar-refractivity contribution >= 4 is 5.69 Å². The Bertz CT molecular complexity index is 1140. The molecular formula is C31H40N2O3. The summed E-state index contributed by atoms with van der Waals surface area (Å²) in [6, 6.07) is 19.1. The molecule has 0 amide bonds. The van der Waals surface area contributed by atoms with E-state index in [1.807, 2.05) is 6.07 Å². The SMILES string of the molecule is COc1cc(NCCCc2ccc(CCN(C)C)cc2)c([C@H]2CCc3cc(O)ccc3C2)cc1OC. The van der Waals surface area contributed by atoms with Gasteiger partial charge in [-0.05, 0) is 105 Å². The Labute approximate surface area is 216 Å². The van der Waals surface area contributed by atoms with Gasteiger partial charge in [-0.25, -0.2) is 0 Å². The van der Waals surface area contributed by atoms with E-state index in [0.717, 1.165) is 68.8 Å². The Morgan fingerprint density at radius 3 is 2.28 bits per heavy atom. The molecule has 0 unspecified atom stereocenters. The molecule has 0 saturated carbocycles. The topological polar surface area (TPSA) is 54.0 Å². The van der Waals surface area contributed by atoms with Crippen molar-refractivity contribution < 1.29 is 14.6 Å². The van der Waals surface area contributed by atoms with E-state index in [9.17, 15) is 5.11 Å². The normalized spacial score (nSPS) is 15.0. The van der Waals surface area contributed by atoms with Crippen molar-refractivity contribution in [3.8, 4) is 17.2 Å². The summed E-state index contributed by atoms with van der Waals surface area (Å²) in [7, 11) is 7.61. The number of hydrogen-bond acceptors (Lipinski definition) is 5. The lowest BCUT2D eigenvalue weighted by Crippen LogP contribution is -2.15. The van der Waals surface area contributed by atoms with Crippen LogP contribution in [0.4, 0.5) is 5.69 Å². The standard InChI is InChI=1S/C31H40N2O3/c1-33(2)17-15-23-9-7-22(8-10-23)6-5-16-32-29-21-31(36-4)30(35-3)20-28(29)26-12-11-25-19-27(34)14-13-24(25)18-26/h7-10,13-14,19-21,26,32,34H,5-6,11-12,15-18H2,1-4H3/t26-/m0/s1. The smallest absolute Gasteiger partial charge is 0.162 e. The Balaban J connectivity index is 1.42. The van der Waals surface area contributed by atoms with Crippen LogP contribution >= 0.6 is 0 Å². The van der Waals surface area contributed by atoms with Crippen LogP contribution < -0.4 is 14.8 Å². The molecule has 5 heteroatoms. The highest BCUT2D eigenvalue weighted by Crippen LogP contribution is 2.42. The van der Waals surface area contributed by atoms with E-state index in [1.165, 1.54) is 27.8 Å². The number of hydrogen-bond donors (Lipinski definition) is 2. The monoisotopic (exact) mass is 488 g/mol. The molecule has 1 atom stereocenters. The first kappa shape index (κ1) is 25.9. The molecule has 1 aliphatic rings. The Morgan fingerprint density at radius 2 is 1.58 bits per heavy atom. The van der Waals surface area contributed by atoms with E-state index in [2.05, 4.69) is 66.8 Å². The number of aryl methyl sites for hydroxylation is 2. The van der Waals surface area contributed by atoms with Gasteiger partial charge < -0.3 is 24.8 Å². The van der Waals surface area contributed by atoms with Crippen molar-refractivity contribution in [2.24, 2.45) is 0 Å². The van der Waals surface area contributed by atoms with Crippen molar-refractivity contribution in [2.75, 3.05) is 46.7 Å². The molecule has 0 spiro atoms. The van der Waals surface area contributed by atoms with Crippen LogP contribution in [0.1, 0.15) is 46.6 Å². The number of rotatable bonds is 11. The zero-order chi connectivity index (χ0) is 25.5. The van der Waals surface area contributed by atoms with Gasteiger partial charge in [0.1, 0.15) is 5.75 Å². The lowest BCUT2D eigenvalue weighted by atomic mass is 9.79. The molecule has 4 rings (SSSR count). The van der Waals surface area contributed by atoms with E-state index in [1.54, 1.807) is 20.3 Å². The van der Waals surface area contributed by atoms with Gasteiger partial charge in [-0.2, -0.15) is 0 Å². The summed E-state index contributed by atoms with van der Waals surface area (Å²) in [6.07, 6.45) is 6.15. The maximum absolute atomic E-state index is 9.86. The van der Waals surface area contributed by atoms with Gasteiger partial charge in [0, 0.05) is 24.8 Å². The molecule has 5 nitrogen and oxygen atoms in total. The lowest BCUT2D eigenvalue weighted by molar-refractivity contribution is 0.354. The summed E-state index contributed by atoms with van der Waals surface area (Å²) in [6.45, 7) is 1.97. The largest absolute Gasteiger partial charge is 0.508 e. The van der Waals surface area contributed by atoms with E-state index >= 15 is 0 Å². The Morgan fingerprint density at radius 1 is 0.889 bits per heavy atom. The van der Waals surface area contributed by atoms with Gasteiger partial charge in [0.15, 0.2) is 11.5 Å². The second-order valence-electron chi connectivity index (χ2n) is 10.1. The molecule has 3 aromatic rings. The first-order chi connectivity index (χ1) is 17.5. The van der Waals surface area contributed by atoms with Gasteiger partial charge in [0.05, 0.1) is 14.2 Å². The van der Waals surface area contributed by atoms with Crippen LogP contribution in [0.5, 0.6) is 17.2 Å². The van der Waals surface area contributed by atoms with Crippen LogP contribution in [0.2, 0.25) is 0 Å². The minimum Gasteiger partial charge on any atom is -0.508 e. The molecule has 0 radical (unpaired) electrons. The minimum atomic E-state index is 0.351. The molecule has 36 heavy (non-hydrogen) atoms. The Kier molecular flexibility index (Phi) is 8.76. The van der Waals surface area contributed by atoms with Gasteiger partial charge in [0.25, 0.3) is 0 Å².